The summed E-state index contributed by atoms with van der Waals surface area (Å²) in [4.78, 5) is 19.2. The van der Waals surface area contributed by atoms with Crippen molar-refractivity contribution in [3.8, 4) is 0 Å². The Morgan fingerprint density at radius 1 is 0.654 bits per heavy atom. The number of unbranched alkanes of at least 4 members (excludes halogenated alkanes) is 7. The van der Waals surface area contributed by atoms with E-state index in [1.807, 2.05) is 0 Å². The fourth-order valence-electron chi connectivity index (χ4n) is 1.21. The Balaban J connectivity index is -0.000000132. The molecule has 0 fully saturated rings. The van der Waals surface area contributed by atoms with Gasteiger partial charge in [0.15, 0.2) is 0 Å². The van der Waals surface area contributed by atoms with Crippen LogP contribution in [0.25, 0.3) is 0 Å². The van der Waals surface area contributed by atoms with Crippen molar-refractivity contribution in [1.29, 1.82) is 0 Å². The Kier molecular flexibility index (Phi) is 34.7. The van der Waals surface area contributed by atoms with Crippen LogP contribution in [0, 0.1) is 0 Å². The van der Waals surface area contributed by atoms with Crippen LogP contribution in [0.1, 0.15) is 79.1 Å². The van der Waals surface area contributed by atoms with Crippen LogP contribution in [0.3, 0.4) is 0 Å². The maximum atomic E-state index is 9.60. The van der Waals surface area contributed by atoms with E-state index < -0.39 is 11.9 Å². The maximum absolute atomic E-state index is 9.60. The number of aliphatic hydroxyl groups is 2. The first-order valence-electron chi connectivity index (χ1n) is 9.11. The lowest BCUT2D eigenvalue weighted by molar-refractivity contribution is -0.133. The molecule has 0 aromatic carbocycles. The molecule has 6 heteroatoms. The van der Waals surface area contributed by atoms with Gasteiger partial charge in [0.2, 0.25) is 0 Å². The number of carbonyl (C=O) groups is 2. The van der Waals surface area contributed by atoms with E-state index >= 15 is 0 Å². The molecule has 4 N–H and O–H groups in total. The lowest BCUT2D eigenvalue weighted by atomic mass is 10.1. The summed E-state index contributed by atoms with van der Waals surface area (Å²) in [5.74, 6) is -1.87. The zero-order chi connectivity index (χ0) is 21.4. The Hall–Kier alpha value is -1.66. The van der Waals surface area contributed by atoms with Gasteiger partial charge in [-0.25, -0.2) is 9.59 Å². The number of hydrogen-bond acceptors (Lipinski definition) is 4. The third-order valence-corrected chi connectivity index (χ3v) is 2.79. The van der Waals surface area contributed by atoms with E-state index in [0.29, 0.717) is 0 Å². The molecule has 0 atom stereocenters. The quantitative estimate of drug-likeness (QED) is 0.331. The highest BCUT2D eigenvalue weighted by Gasteiger charge is 1.91. The first-order valence-corrected chi connectivity index (χ1v) is 9.11. The Bertz CT molecular complexity index is 292. The van der Waals surface area contributed by atoms with Crippen LogP contribution in [0.2, 0.25) is 0 Å². The van der Waals surface area contributed by atoms with Crippen LogP contribution in [-0.4, -0.2) is 45.6 Å². The minimum atomic E-state index is -0.935. The predicted molar refractivity (Wildman–Crippen MR) is 107 cm³/mol. The highest BCUT2D eigenvalue weighted by molar-refractivity contribution is 5.85. The Labute approximate surface area is 159 Å². The number of carboxylic acids is 2. The van der Waals surface area contributed by atoms with Gasteiger partial charge in [-0.2, -0.15) is 0 Å². The van der Waals surface area contributed by atoms with Crippen LogP contribution in [0.4, 0.5) is 0 Å². The van der Waals surface area contributed by atoms with Gasteiger partial charge in [-0.05, 0) is 13.8 Å². The van der Waals surface area contributed by atoms with Crippen LogP contribution in [0.15, 0.2) is 24.3 Å². The molecule has 0 aromatic rings. The summed E-state index contributed by atoms with van der Waals surface area (Å²) in [5.41, 5.74) is 0.352. The third kappa shape index (κ3) is 49.5. The maximum Gasteiger partial charge on any atom is 0.330 e. The molecule has 0 radical (unpaired) electrons. The molecule has 0 aliphatic carbocycles. The summed E-state index contributed by atoms with van der Waals surface area (Å²) in [6.45, 7) is 13.5. The van der Waals surface area contributed by atoms with Gasteiger partial charge in [0.1, 0.15) is 0 Å². The first-order chi connectivity index (χ1) is 12.1. The van der Waals surface area contributed by atoms with Gasteiger partial charge in [-0.15, -0.1) is 0 Å². The summed E-state index contributed by atoms with van der Waals surface area (Å²) in [7, 11) is 0. The minimum Gasteiger partial charge on any atom is -0.478 e. The standard InChI is InChI=1S/C10H22.2C4H6O2.C2H6O2/c1-3-5-7-9-10-8-6-4-2;2*1-3(2)4(5)6;3-1-2-4/h3-10H2,1-2H3;2*1H2,2H3,(H,5,6);3-4H,1-2H2. The molecule has 0 unspecified atom stereocenters. The van der Waals surface area contributed by atoms with E-state index in [9.17, 15) is 9.59 Å². The van der Waals surface area contributed by atoms with Gasteiger partial charge >= 0.3 is 11.9 Å². The van der Waals surface area contributed by atoms with Crippen molar-refractivity contribution in [3.63, 3.8) is 0 Å². The van der Waals surface area contributed by atoms with Crippen molar-refractivity contribution in [2.45, 2.75) is 79.1 Å². The van der Waals surface area contributed by atoms with E-state index in [1.54, 1.807) is 0 Å². The minimum absolute atomic E-state index is 0.125. The van der Waals surface area contributed by atoms with Gasteiger partial charge in [-0.1, -0.05) is 78.4 Å². The smallest absolute Gasteiger partial charge is 0.330 e. The van der Waals surface area contributed by atoms with Crippen molar-refractivity contribution in [2.24, 2.45) is 0 Å². The molecule has 0 amide bonds. The van der Waals surface area contributed by atoms with Gasteiger partial charge in [0.05, 0.1) is 13.2 Å². The van der Waals surface area contributed by atoms with E-state index in [-0.39, 0.29) is 24.4 Å². The molecule has 6 nitrogen and oxygen atoms in total. The second kappa shape index (κ2) is 28.2. The second-order valence-corrected chi connectivity index (χ2v) is 5.74. The monoisotopic (exact) mass is 376 g/mol. The number of rotatable bonds is 10. The van der Waals surface area contributed by atoms with Crippen LogP contribution >= 0.6 is 0 Å². The molecular weight excluding hydrogens is 336 g/mol. The van der Waals surface area contributed by atoms with Crippen molar-refractivity contribution in [3.05, 3.63) is 24.3 Å². The van der Waals surface area contributed by atoms with E-state index in [4.69, 9.17) is 20.4 Å². The van der Waals surface area contributed by atoms with Crippen LogP contribution < -0.4 is 0 Å². The second-order valence-electron chi connectivity index (χ2n) is 5.74. The molecule has 0 heterocycles. The molecule has 0 aromatic heterocycles. The number of hydrogen-bond donors (Lipinski definition) is 4. The van der Waals surface area contributed by atoms with E-state index in [1.165, 1.54) is 65.2 Å². The molecule has 0 bridgehead atoms. The summed E-state index contributed by atoms with van der Waals surface area (Å²) in [6, 6.07) is 0. The Morgan fingerprint density at radius 3 is 0.962 bits per heavy atom. The topological polar surface area (TPSA) is 115 Å². The van der Waals surface area contributed by atoms with E-state index in [2.05, 4.69) is 27.0 Å². The SMILES string of the molecule is C=C(C)C(=O)O.C=C(C)C(=O)O.CCCCCCCCCC.OCCO. The average molecular weight is 377 g/mol. The lowest BCUT2D eigenvalue weighted by Crippen LogP contribution is -1.92. The molecule has 156 valence electrons. The largest absolute Gasteiger partial charge is 0.478 e. The summed E-state index contributed by atoms with van der Waals surface area (Å²) in [6.07, 6.45) is 11.5. The summed E-state index contributed by atoms with van der Waals surface area (Å²) < 4.78 is 0. The zero-order valence-corrected chi connectivity index (χ0v) is 17.1. The normalized spacial score (nSPS) is 8.54. The zero-order valence-electron chi connectivity index (χ0n) is 17.1. The summed E-state index contributed by atoms with van der Waals surface area (Å²) in [5, 5.41) is 31.0. The average Bonchev–Trinajstić information content (AvgIpc) is 2.59. The highest BCUT2D eigenvalue weighted by atomic mass is 16.4. The predicted octanol–water partition coefficient (Wildman–Crippen LogP) is 4.41. The van der Waals surface area contributed by atoms with E-state index in [0.717, 1.165) is 0 Å². The van der Waals surface area contributed by atoms with Gasteiger partial charge < -0.3 is 20.4 Å². The van der Waals surface area contributed by atoms with Crippen LogP contribution in [-0.2, 0) is 9.59 Å². The third-order valence-electron chi connectivity index (χ3n) is 2.79. The van der Waals surface area contributed by atoms with Crippen molar-refractivity contribution >= 4 is 11.9 Å². The van der Waals surface area contributed by atoms with Gasteiger partial charge in [-0.3, -0.25) is 0 Å². The fraction of sp³-hybridized carbons (Fsp3) is 0.700. The van der Waals surface area contributed by atoms with Crippen molar-refractivity contribution in [2.75, 3.05) is 13.2 Å². The van der Waals surface area contributed by atoms with Gasteiger partial charge in [0.25, 0.3) is 0 Å². The van der Waals surface area contributed by atoms with Crippen LogP contribution in [0.5, 0.6) is 0 Å². The Morgan fingerprint density at radius 2 is 0.846 bits per heavy atom. The number of carboxylic acid groups (broad SMARTS) is 2. The molecule has 0 rings (SSSR count). The fourth-order valence-corrected chi connectivity index (χ4v) is 1.21. The van der Waals surface area contributed by atoms with Crippen molar-refractivity contribution < 1.29 is 30.0 Å². The first kappa shape index (κ1) is 32.0. The summed E-state index contributed by atoms with van der Waals surface area (Å²) >= 11 is 0. The van der Waals surface area contributed by atoms with Gasteiger partial charge in [0, 0.05) is 11.1 Å². The molecule has 0 saturated carbocycles. The number of aliphatic hydroxyl groups excluding tert-OH is 2. The highest BCUT2D eigenvalue weighted by Crippen LogP contribution is 2.07. The molecule has 0 aliphatic heterocycles. The molecular formula is C20H40O6. The van der Waals surface area contributed by atoms with Crippen molar-refractivity contribution in [1.82, 2.24) is 0 Å². The molecule has 0 saturated heterocycles. The molecule has 0 aliphatic rings. The molecule has 0 spiro atoms. The lowest BCUT2D eigenvalue weighted by Gasteiger charge is -1.97. The number of aliphatic carboxylic acids is 2. The molecule has 26 heavy (non-hydrogen) atoms.